The molecule has 1 aliphatic carbocycles. The summed E-state index contributed by atoms with van der Waals surface area (Å²) in [6.07, 6.45) is 1.97. The van der Waals surface area contributed by atoms with Gasteiger partial charge >= 0.3 is 5.97 Å². The van der Waals surface area contributed by atoms with Crippen molar-refractivity contribution in [3.05, 3.63) is 11.4 Å². The average molecular weight is 253 g/mol. The van der Waals surface area contributed by atoms with E-state index in [0.717, 1.165) is 12.8 Å². The van der Waals surface area contributed by atoms with Crippen molar-refractivity contribution in [2.45, 2.75) is 38.4 Å². The van der Waals surface area contributed by atoms with Crippen molar-refractivity contribution >= 4 is 11.9 Å². The molecule has 1 amide bonds. The summed E-state index contributed by atoms with van der Waals surface area (Å²) in [5.41, 5.74) is 5.54. The Morgan fingerprint density at radius 2 is 2.28 bits per heavy atom. The number of aromatic carboxylic acids is 1. The summed E-state index contributed by atoms with van der Waals surface area (Å²) in [5, 5.41) is 19.0. The highest BCUT2D eigenvalue weighted by Gasteiger charge is 2.29. The first-order valence-electron chi connectivity index (χ1n) is 5.72. The van der Waals surface area contributed by atoms with Crippen molar-refractivity contribution in [1.82, 2.24) is 20.3 Å². The molecular weight excluding hydrogens is 238 g/mol. The molecule has 0 bridgehead atoms. The van der Waals surface area contributed by atoms with Crippen LogP contribution in [0.5, 0.6) is 0 Å². The summed E-state index contributed by atoms with van der Waals surface area (Å²) in [6.45, 7) is 1.60. The van der Waals surface area contributed by atoms with Gasteiger partial charge in [-0.3, -0.25) is 4.79 Å². The molecule has 8 heteroatoms. The molecule has 0 spiro atoms. The topological polar surface area (TPSA) is 123 Å². The minimum Gasteiger partial charge on any atom is -0.476 e. The summed E-state index contributed by atoms with van der Waals surface area (Å²) in [4.78, 5) is 22.8. The lowest BCUT2D eigenvalue weighted by atomic mass is 10.2. The van der Waals surface area contributed by atoms with Crippen LogP contribution in [0.1, 0.15) is 42.0 Å². The van der Waals surface area contributed by atoms with Gasteiger partial charge in [0.05, 0.1) is 5.69 Å². The van der Waals surface area contributed by atoms with Gasteiger partial charge < -0.3 is 16.2 Å². The van der Waals surface area contributed by atoms with E-state index < -0.39 is 12.0 Å². The van der Waals surface area contributed by atoms with E-state index in [4.69, 9.17) is 10.8 Å². The molecule has 1 heterocycles. The van der Waals surface area contributed by atoms with Gasteiger partial charge in [0.15, 0.2) is 5.69 Å². The summed E-state index contributed by atoms with van der Waals surface area (Å²) < 4.78 is 1.27. The van der Waals surface area contributed by atoms with Crippen LogP contribution in [0.15, 0.2) is 0 Å². The third-order valence-electron chi connectivity index (χ3n) is 2.86. The van der Waals surface area contributed by atoms with Gasteiger partial charge in [-0.1, -0.05) is 5.21 Å². The van der Waals surface area contributed by atoms with Crippen LogP contribution < -0.4 is 11.1 Å². The maximum Gasteiger partial charge on any atom is 0.358 e. The Labute approximate surface area is 103 Å². The van der Waals surface area contributed by atoms with Gasteiger partial charge in [-0.05, 0) is 19.8 Å². The maximum atomic E-state index is 11.9. The minimum atomic E-state index is -1.20. The van der Waals surface area contributed by atoms with E-state index in [1.165, 1.54) is 4.68 Å². The van der Waals surface area contributed by atoms with Crippen LogP contribution in [0.2, 0.25) is 0 Å². The molecule has 4 N–H and O–H groups in total. The molecule has 1 aromatic rings. The zero-order valence-corrected chi connectivity index (χ0v) is 9.96. The standard InChI is InChI=1S/C10H15N5O3/c1-5(9(16)12-6-2-3-6)15-7(4-11)8(10(17)18)13-14-15/h5-6H,2-4,11H2,1H3,(H,12,16)(H,17,18). The molecule has 0 radical (unpaired) electrons. The first-order valence-corrected chi connectivity index (χ1v) is 5.72. The van der Waals surface area contributed by atoms with Gasteiger partial charge in [0.1, 0.15) is 6.04 Å². The molecular formula is C10H15N5O3. The number of amides is 1. The Bertz CT molecular complexity index is 480. The van der Waals surface area contributed by atoms with E-state index in [2.05, 4.69) is 15.6 Å². The Morgan fingerprint density at radius 3 is 2.78 bits per heavy atom. The molecule has 8 nitrogen and oxygen atoms in total. The normalized spacial score (nSPS) is 16.3. The van der Waals surface area contributed by atoms with Crippen molar-refractivity contribution in [2.75, 3.05) is 0 Å². The smallest absolute Gasteiger partial charge is 0.358 e. The molecule has 1 unspecified atom stereocenters. The van der Waals surface area contributed by atoms with Crippen LogP contribution in [0.3, 0.4) is 0 Å². The van der Waals surface area contributed by atoms with Gasteiger partial charge in [-0.2, -0.15) is 0 Å². The minimum absolute atomic E-state index is 0.0321. The van der Waals surface area contributed by atoms with Gasteiger partial charge in [0.2, 0.25) is 5.91 Å². The molecule has 1 saturated carbocycles. The maximum absolute atomic E-state index is 11.9. The monoisotopic (exact) mass is 253 g/mol. The number of carbonyl (C=O) groups is 2. The highest BCUT2D eigenvalue weighted by Crippen LogP contribution is 2.20. The van der Waals surface area contributed by atoms with Crippen molar-refractivity contribution in [1.29, 1.82) is 0 Å². The largest absolute Gasteiger partial charge is 0.476 e. The Kier molecular flexibility index (Phi) is 3.28. The van der Waals surface area contributed by atoms with Crippen LogP contribution in [-0.4, -0.2) is 38.0 Å². The van der Waals surface area contributed by atoms with Crippen molar-refractivity contribution in [2.24, 2.45) is 5.73 Å². The Balaban J connectivity index is 2.20. The zero-order valence-electron chi connectivity index (χ0n) is 9.96. The molecule has 0 aliphatic heterocycles. The van der Waals surface area contributed by atoms with Crippen molar-refractivity contribution in [3.8, 4) is 0 Å². The number of carboxylic acids is 1. The Hall–Kier alpha value is -1.96. The molecule has 0 aromatic carbocycles. The van der Waals surface area contributed by atoms with E-state index in [-0.39, 0.29) is 29.9 Å². The third-order valence-corrected chi connectivity index (χ3v) is 2.86. The molecule has 0 saturated heterocycles. The van der Waals surface area contributed by atoms with Gasteiger partial charge in [0.25, 0.3) is 0 Å². The number of hydrogen-bond donors (Lipinski definition) is 3. The zero-order chi connectivity index (χ0) is 13.3. The third kappa shape index (κ3) is 2.33. The average Bonchev–Trinajstić information content (AvgIpc) is 3.03. The summed E-state index contributed by atoms with van der Waals surface area (Å²) in [7, 11) is 0. The molecule has 18 heavy (non-hydrogen) atoms. The number of carboxylic acid groups (broad SMARTS) is 1. The number of rotatable bonds is 5. The SMILES string of the molecule is CC(C(=O)NC1CC1)n1nnc(C(=O)O)c1CN. The fourth-order valence-corrected chi connectivity index (χ4v) is 1.64. The molecule has 98 valence electrons. The van der Waals surface area contributed by atoms with E-state index in [1.54, 1.807) is 6.92 Å². The van der Waals surface area contributed by atoms with Gasteiger partial charge in [0, 0.05) is 12.6 Å². The number of nitrogens with two attached hydrogens (primary N) is 1. The van der Waals surface area contributed by atoms with Crippen LogP contribution in [-0.2, 0) is 11.3 Å². The van der Waals surface area contributed by atoms with Gasteiger partial charge in [-0.25, -0.2) is 9.48 Å². The second kappa shape index (κ2) is 4.73. The van der Waals surface area contributed by atoms with Crippen LogP contribution >= 0.6 is 0 Å². The number of carbonyl (C=O) groups excluding carboxylic acids is 1. The second-order valence-corrected chi connectivity index (χ2v) is 4.30. The predicted molar refractivity (Wildman–Crippen MR) is 60.7 cm³/mol. The predicted octanol–water partition coefficient (Wildman–Crippen LogP) is -0.725. The van der Waals surface area contributed by atoms with Crippen molar-refractivity contribution < 1.29 is 14.7 Å². The molecule has 2 rings (SSSR count). The fourth-order valence-electron chi connectivity index (χ4n) is 1.64. The van der Waals surface area contributed by atoms with Gasteiger partial charge in [-0.15, -0.1) is 5.10 Å². The number of nitrogens with one attached hydrogen (secondary N) is 1. The van der Waals surface area contributed by atoms with Crippen LogP contribution in [0, 0.1) is 0 Å². The lowest BCUT2D eigenvalue weighted by Crippen LogP contribution is -2.34. The lowest BCUT2D eigenvalue weighted by Gasteiger charge is -2.13. The molecule has 1 fully saturated rings. The first-order chi connectivity index (χ1) is 8.54. The van der Waals surface area contributed by atoms with Crippen LogP contribution in [0.25, 0.3) is 0 Å². The highest BCUT2D eigenvalue weighted by atomic mass is 16.4. The van der Waals surface area contributed by atoms with E-state index in [9.17, 15) is 9.59 Å². The van der Waals surface area contributed by atoms with E-state index in [1.807, 2.05) is 0 Å². The van der Waals surface area contributed by atoms with E-state index in [0.29, 0.717) is 0 Å². The fraction of sp³-hybridized carbons (Fsp3) is 0.600. The second-order valence-electron chi connectivity index (χ2n) is 4.30. The molecule has 1 atom stereocenters. The summed E-state index contributed by atoms with van der Waals surface area (Å²) >= 11 is 0. The number of nitrogens with zero attached hydrogens (tertiary/aromatic N) is 3. The summed E-state index contributed by atoms with van der Waals surface area (Å²) in [5.74, 6) is -1.40. The number of hydrogen-bond acceptors (Lipinski definition) is 5. The summed E-state index contributed by atoms with van der Waals surface area (Å²) in [6, 6.07) is -0.381. The lowest BCUT2D eigenvalue weighted by molar-refractivity contribution is -0.124. The van der Waals surface area contributed by atoms with Crippen LogP contribution in [0.4, 0.5) is 0 Å². The highest BCUT2D eigenvalue weighted by molar-refractivity contribution is 5.87. The number of aromatic nitrogens is 3. The van der Waals surface area contributed by atoms with E-state index >= 15 is 0 Å². The molecule has 1 aliphatic rings. The quantitative estimate of drug-likeness (QED) is 0.636. The van der Waals surface area contributed by atoms with Crippen molar-refractivity contribution in [3.63, 3.8) is 0 Å². The first kappa shape index (κ1) is 12.5. The Morgan fingerprint density at radius 1 is 1.61 bits per heavy atom. The molecule has 1 aromatic heterocycles.